The summed E-state index contributed by atoms with van der Waals surface area (Å²) in [5.41, 5.74) is 6.47. The van der Waals surface area contributed by atoms with Crippen LogP contribution >= 0.6 is 0 Å². The molecule has 0 aliphatic rings. The molecule has 2 N–H and O–H groups in total. The Kier molecular flexibility index (Phi) is 3.10. The lowest BCUT2D eigenvalue weighted by Gasteiger charge is -2.03. The summed E-state index contributed by atoms with van der Waals surface area (Å²) < 4.78 is 11.8. The van der Waals surface area contributed by atoms with Crippen molar-refractivity contribution in [2.45, 2.75) is 19.4 Å². The van der Waals surface area contributed by atoms with E-state index in [1.807, 2.05) is 6.92 Å². The van der Waals surface area contributed by atoms with Gasteiger partial charge in [0.05, 0.1) is 12.3 Å². The lowest BCUT2D eigenvalue weighted by atomic mass is 10.3. The fraction of sp³-hybridized carbons (Fsp3) is 0.500. The molecule has 2 rings (SSSR count). The van der Waals surface area contributed by atoms with E-state index in [1.54, 1.807) is 25.0 Å². The van der Waals surface area contributed by atoms with Crippen molar-refractivity contribution in [1.82, 2.24) is 19.9 Å². The van der Waals surface area contributed by atoms with Crippen LogP contribution in [0.25, 0.3) is 11.5 Å². The van der Waals surface area contributed by atoms with Gasteiger partial charge in [-0.3, -0.25) is 4.68 Å². The molecule has 17 heavy (non-hydrogen) atoms. The summed E-state index contributed by atoms with van der Waals surface area (Å²) in [5.74, 6) is 1.48. The third-order valence-corrected chi connectivity index (χ3v) is 2.56. The zero-order chi connectivity index (χ0) is 12.4. The standard InChI is InChI=1S/C10H15N5O2/c1-6(16-3)4-8-13-10(17-14-8)7-5-12-15(2)9(7)11/h5-6H,4,11H2,1-3H3. The van der Waals surface area contributed by atoms with Gasteiger partial charge in [0.2, 0.25) is 0 Å². The van der Waals surface area contributed by atoms with E-state index in [0.29, 0.717) is 29.5 Å². The maximum Gasteiger partial charge on any atom is 0.263 e. The van der Waals surface area contributed by atoms with Crippen molar-refractivity contribution in [3.05, 3.63) is 12.0 Å². The van der Waals surface area contributed by atoms with Crippen LogP contribution in [-0.4, -0.2) is 33.1 Å². The number of hydrogen-bond acceptors (Lipinski definition) is 6. The molecule has 0 bridgehead atoms. The predicted molar refractivity (Wildman–Crippen MR) is 61.1 cm³/mol. The highest BCUT2D eigenvalue weighted by Crippen LogP contribution is 2.23. The first kappa shape index (κ1) is 11.6. The first-order chi connectivity index (χ1) is 8.11. The van der Waals surface area contributed by atoms with Crippen LogP contribution in [0.15, 0.2) is 10.7 Å². The molecule has 2 aromatic heterocycles. The number of aromatic nitrogens is 4. The number of hydrogen-bond donors (Lipinski definition) is 1. The summed E-state index contributed by atoms with van der Waals surface area (Å²) in [7, 11) is 3.40. The molecule has 0 aromatic carbocycles. The van der Waals surface area contributed by atoms with E-state index in [1.165, 1.54) is 0 Å². The predicted octanol–water partition coefficient (Wildman–Crippen LogP) is 0.630. The first-order valence-electron chi connectivity index (χ1n) is 5.25. The minimum absolute atomic E-state index is 0.0479. The summed E-state index contributed by atoms with van der Waals surface area (Å²) in [6.45, 7) is 1.94. The van der Waals surface area contributed by atoms with E-state index in [2.05, 4.69) is 15.2 Å². The third kappa shape index (κ3) is 2.28. The summed E-state index contributed by atoms with van der Waals surface area (Å²) in [4.78, 5) is 4.25. The largest absolute Gasteiger partial charge is 0.383 e. The Morgan fingerprint density at radius 1 is 1.59 bits per heavy atom. The highest BCUT2D eigenvalue weighted by atomic mass is 16.5. The Morgan fingerprint density at radius 3 is 2.94 bits per heavy atom. The van der Waals surface area contributed by atoms with Crippen molar-refractivity contribution in [2.75, 3.05) is 12.8 Å². The summed E-state index contributed by atoms with van der Waals surface area (Å²) >= 11 is 0. The second-order valence-corrected chi connectivity index (χ2v) is 3.83. The van der Waals surface area contributed by atoms with Crippen molar-refractivity contribution in [3.8, 4) is 11.5 Å². The zero-order valence-corrected chi connectivity index (χ0v) is 10.0. The lowest BCUT2D eigenvalue weighted by molar-refractivity contribution is 0.116. The highest BCUT2D eigenvalue weighted by Gasteiger charge is 2.16. The van der Waals surface area contributed by atoms with Gasteiger partial charge in [-0.15, -0.1) is 0 Å². The van der Waals surface area contributed by atoms with Crippen molar-refractivity contribution in [2.24, 2.45) is 7.05 Å². The summed E-state index contributed by atoms with van der Waals surface area (Å²) in [5, 5.41) is 7.89. The maximum absolute atomic E-state index is 5.82. The van der Waals surface area contributed by atoms with E-state index in [-0.39, 0.29) is 6.10 Å². The molecule has 0 saturated heterocycles. The summed E-state index contributed by atoms with van der Waals surface area (Å²) in [6.07, 6.45) is 2.25. The average Bonchev–Trinajstić information content (AvgIpc) is 2.88. The van der Waals surface area contributed by atoms with Crippen molar-refractivity contribution in [3.63, 3.8) is 0 Å². The second kappa shape index (κ2) is 4.54. The molecule has 0 amide bonds. The van der Waals surface area contributed by atoms with Gasteiger partial charge in [0.15, 0.2) is 5.82 Å². The molecule has 1 atom stereocenters. The Hall–Kier alpha value is -1.89. The van der Waals surface area contributed by atoms with Gasteiger partial charge < -0.3 is 15.0 Å². The molecule has 0 radical (unpaired) electrons. The van der Waals surface area contributed by atoms with E-state index >= 15 is 0 Å². The van der Waals surface area contributed by atoms with Crippen LogP contribution in [0, 0.1) is 0 Å². The van der Waals surface area contributed by atoms with Crippen LogP contribution in [0.3, 0.4) is 0 Å². The number of nitrogens with zero attached hydrogens (tertiary/aromatic N) is 4. The van der Waals surface area contributed by atoms with Crippen LogP contribution in [0.2, 0.25) is 0 Å². The van der Waals surface area contributed by atoms with Gasteiger partial charge in [-0.05, 0) is 6.92 Å². The molecule has 7 heteroatoms. The van der Waals surface area contributed by atoms with Crippen LogP contribution < -0.4 is 5.73 Å². The first-order valence-corrected chi connectivity index (χ1v) is 5.25. The number of rotatable bonds is 4. The molecular weight excluding hydrogens is 222 g/mol. The van der Waals surface area contributed by atoms with E-state index < -0.39 is 0 Å². The van der Waals surface area contributed by atoms with Gasteiger partial charge in [-0.2, -0.15) is 10.1 Å². The van der Waals surface area contributed by atoms with Gasteiger partial charge in [0.1, 0.15) is 11.4 Å². The van der Waals surface area contributed by atoms with Gasteiger partial charge in [-0.1, -0.05) is 5.16 Å². The van der Waals surface area contributed by atoms with E-state index in [4.69, 9.17) is 15.0 Å². The normalized spacial score (nSPS) is 12.9. The molecule has 2 heterocycles. The SMILES string of the molecule is COC(C)Cc1noc(-c2cnn(C)c2N)n1. The van der Waals surface area contributed by atoms with Crippen molar-refractivity contribution in [1.29, 1.82) is 0 Å². The maximum atomic E-state index is 5.82. The van der Waals surface area contributed by atoms with Gasteiger partial charge in [0, 0.05) is 20.6 Å². The molecule has 0 spiro atoms. The Labute approximate surface area is 98.6 Å². The van der Waals surface area contributed by atoms with Crippen LogP contribution in [0.4, 0.5) is 5.82 Å². The zero-order valence-electron chi connectivity index (χ0n) is 10.0. The average molecular weight is 237 g/mol. The van der Waals surface area contributed by atoms with Crippen LogP contribution in [0.1, 0.15) is 12.7 Å². The minimum atomic E-state index is 0.0479. The fourth-order valence-corrected chi connectivity index (χ4v) is 1.40. The van der Waals surface area contributed by atoms with Crippen molar-refractivity contribution < 1.29 is 9.26 Å². The monoisotopic (exact) mass is 237 g/mol. The highest BCUT2D eigenvalue weighted by molar-refractivity contribution is 5.66. The Bertz CT molecular complexity index is 505. The molecule has 7 nitrogen and oxygen atoms in total. The second-order valence-electron chi connectivity index (χ2n) is 3.83. The number of anilines is 1. The number of nitrogen functional groups attached to an aromatic ring is 1. The quantitative estimate of drug-likeness (QED) is 0.838. The fourth-order valence-electron chi connectivity index (χ4n) is 1.40. The molecule has 0 aliphatic heterocycles. The van der Waals surface area contributed by atoms with Gasteiger partial charge >= 0.3 is 0 Å². The van der Waals surface area contributed by atoms with Crippen LogP contribution in [0.5, 0.6) is 0 Å². The number of methoxy groups -OCH3 is 1. The topological polar surface area (TPSA) is 92.0 Å². The molecule has 0 saturated carbocycles. The van der Waals surface area contributed by atoms with E-state index in [0.717, 1.165) is 0 Å². The molecule has 2 aromatic rings. The molecule has 1 unspecified atom stereocenters. The van der Waals surface area contributed by atoms with Gasteiger partial charge in [0.25, 0.3) is 5.89 Å². The van der Waals surface area contributed by atoms with Crippen LogP contribution in [-0.2, 0) is 18.2 Å². The molecule has 0 aliphatic carbocycles. The van der Waals surface area contributed by atoms with Gasteiger partial charge in [-0.25, -0.2) is 0 Å². The van der Waals surface area contributed by atoms with E-state index in [9.17, 15) is 0 Å². The Balaban J connectivity index is 2.21. The molecular formula is C10H15N5O2. The van der Waals surface area contributed by atoms with Crippen molar-refractivity contribution >= 4 is 5.82 Å². The lowest BCUT2D eigenvalue weighted by Crippen LogP contribution is -2.09. The Morgan fingerprint density at radius 2 is 2.35 bits per heavy atom. The number of nitrogens with two attached hydrogens (primary N) is 1. The number of ether oxygens (including phenoxy) is 1. The number of aryl methyl sites for hydroxylation is 1. The molecule has 0 fully saturated rings. The molecule has 92 valence electrons. The minimum Gasteiger partial charge on any atom is -0.383 e. The summed E-state index contributed by atoms with van der Waals surface area (Å²) in [6, 6.07) is 0. The smallest absolute Gasteiger partial charge is 0.263 e. The third-order valence-electron chi connectivity index (χ3n) is 2.56.